The van der Waals surface area contributed by atoms with Gasteiger partial charge in [-0.2, -0.15) is 15.2 Å². The number of cyclic esters (lactones) is 1. The molecule has 0 aliphatic carbocycles. The van der Waals surface area contributed by atoms with E-state index in [-0.39, 0.29) is 30.4 Å². The van der Waals surface area contributed by atoms with E-state index in [1.807, 2.05) is 4.90 Å². The highest BCUT2D eigenvalue weighted by atomic mass is 32.2. The highest BCUT2D eigenvalue weighted by molar-refractivity contribution is 7.90. The van der Waals surface area contributed by atoms with Crippen LogP contribution >= 0.6 is 0 Å². The van der Waals surface area contributed by atoms with Crippen LogP contribution in [-0.4, -0.2) is 76.1 Å². The van der Waals surface area contributed by atoms with Gasteiger partial charge in [0.15, 0.2) is 5.69 Å². The molecule has 1 amide bonds. The van der Waals surface area contributed by atoms with Gasteiger partial charge in [0, 0.05) is 37.9 Å². The SMILES string of the molecule is COC1OC(=O)c2nc([S+](C)[O-])nc(N3CCN(C(=O)OC(C)(C)C)C(CC#N)C3)c21. The normalized spacial score (nSPS) is 21.9. The number of hydrogen-bond acceptors (Lipinski definition) is 10. The maximum absolute atomic E-state index is 12.6. The standard InChI is InChI=1S/C19H25N5O6S/c1-19(2,3)30-18(26)24-9-8-23(10-11(24)6-7-20)14-12-13(15(25)29-16(12)28-4)21-17(22-14)31(5)27/h11,16H,6,8-10H2,1-5H3. The van der Waals surface area contributed by atoms with Crippen LogP contribution in [0.4, 0.5) is 10.6 Å². The molecule has 3 heterocycles. The fraction of sp³-hybridized carbons (Fsp3) is 0.632. The monoisotopic (exact) mass is 451 g/mol. The maximum Gasteiger partial charge on any atom is 0.410 e. The van der Waals surface area contributed by atoms with Gasteiger partial charge in [-0.3, -0.25) is 0 Å². The summed E-state index contributed by atoms with van der Waals surface area (Å²) >= 11 is -1.54. The Labute approximate surface area is 183 Å². The van der Waals surface area contributed by atoms with Gasteiger partial charge in [0.25, 0.3) is 0 Å². The van der Waals surface area contributed by atoms with Crippen molar-refractivity contribution in [1.82, 2.24) is 14.9 Å². The number of rotatable bonds is 4. The number of piperazine rings is 1. The first kappa shape index (κ1) is 23.1. The van der Waals surface area contributed by atoms with Gasteiger partial charge in [-0.25, -0.2) is 9.59 Å². The van der Waals surface area contributed by atoms with Crippen LogP contribution in [0.1, 0.15) is 49.5 Å². The first-order chi connectivity index (χ1) is 14.6. The molecule has 0 aromatic carbocycles. The third-order valence-electron chi connectivity index (χ3n) is 4.76. The summed E-state index contributed by atoms with van der Waals surface area (Å²) in [7, 11) is 1.39. The van der Waals surface area contributed by atoms with E-state index in [2.05, 4.69) is 16.0 Å². The molecule has 0 bridgehead atoms. The zero-order chi connectivity index (χ0) is 22.9. The number of nitriles is 1. The van der Waals surface area contributed by atoms with E-state index in [0.717, 1.165) is 0 Å². The molecule has 2 aliphatic heterocycles. The molecule has 1 aromatic heterocycles. The van der Waals surface area contributed by atoms with Crippen molar-refractivity contribution in [3.63, 3.8) is 0 Å². The molecule has 168 valence electrons. The van der Waals surface area contributed by atoms with Crippen molar-refractivity contribution in [3.05, 3.63) is 11.3 Å². The van der Waals surface area contributed by atoms with Crippen LogP contribution in [0.15, 0.2) is 5.16 Å². The van der Waals surface area contributed by atoms with Crippen LogP contribution in [0.25, 0.3) is 0 Å². The van der Waals surface area contributed by atoms with E-state index in [1.165, 1.54) is 18.3 Å². The summed E-state index contributed by atoms with van der Waals surface area (Å²) < 4.78 is 28.0. The fourth-order valence-electron chi connectivity index (χ4n) is 3.45. The summed E-state index contributed by atoms with van der Waals surface area (Å²) in [6.45, 7) is 6.22. The zero-order valence-electron chi connectivity index (χ0n) is 18.1. The second-order valence-electron chi connectivity index (χ2n) is 8.15. The van der Waals surface area contributed by atoms with Gasteiger partial charge in [0.05, 0.1) is 24.1 Å². The largest absolute Gasteiger partial charge is 0.609 e. The van der Waals surface area contributed by atoms with Crippen molar-refractivity contribution in [2.45, 2.75) is 50.3 Å². The van der Waals surface area contributed by atoms with E-state index in [4.69, 9.17) is 14.2 Å². The molecule has 0 N–H and O–H groups in total. The first-order valence-corrected chi connectivity index (χ1v) is 11.2. The van der Waals surface area contributed by atoms with Gasteiger partial charge in [-0.05, 0) is 20.8 Å². The van der Waals surface area contributed by atoms with Crippen LogP contribution in [0, 0.1) is 11.3 Å². The van der Waals surface area contributed by atoms with Gasteiger partial charge in [0.1, 0.15) is 17.7 Å². The molecule has 0 saturated carbocycles. The third kappa shape index (κ3) is 4.84. The van der Waals surface area contributed by atoms with Gasteiger partial charge in [-0.1, -0.05) is 0 Å². The van der Waals surface area contributed by atoms with E-state index in [1.54, 1.807) is 20.8 Å². The summed E-state index contributed by atoms with van der Waals surface area (Å²) in [6.07, 6.45) is 0.0103. The minimum atomic E-state index is -1.54. The van der Waals surface area contributed by atoms with E-state index in [9.17, 15) is 19.4 Å². The Morgan fingerprint density at radius 2 is 2.10 bits per heavy atom. The van der Waals surface area contributed by atoms with Crippen molar-refractivity contribution in [2.24, 2.45) is 0 Å². The minimum Gasteiger partial charge on any atom is -0.609 e. The first-order valence-electron chi connectivity index (χ1n) is 9.66. The summed E-state index contributed by atoms with van der Waals surface area (Å²) in [5.41, 5.74) is -0.306. The number of fused-ring (bicyclic) bond motifs is 1. The lowest BCUT2D eigenvalue weighted by Crippen LogP contribution is -2.56. The average Bonchev–Trinajstić information content (AvgIpc) is 3.02. The number of ether oxygens (including phenoxy) is 3. The quantitative estimate of drug-likeness (QED) is 0.374. The van der Waals surface area contributed by atoms with Gasteiger partial charge < -0.3 is 28.6 Å². The number of aromatic nitrogens is 2. The van der Waals surface area contributed by atoms with E-state index in [0.29, 0.717) is 17.9 Å². The summed E-state index contributed by atoms with van der Waals surface area (Å²) in [4.78, 5) is 36.8. The molecule has 1 aromatic rings. The topological polar surface area (TPSA) is 141 Å². The van der Waals surface area contributed by atoms with E-state index >= 15 is 0 Å². The van der Waals surface area contributed by atoms with Crippen LogP contribution < -0.4 is 4.90 Å². The number of hydrogen-bond donors (Lipinski definition) is 0. The number of anilines is 1. The molecule has 3 atom stereocenters. The predicted octanol–water partition coefficient (Wildman–Crippen LogP) is 1.37. The lowest BCUT2D eigenvalue weighted by atomic mass is 10.1. The van der Waals surface area contributed by atoms with E-state index < -0.39 is 41.2 Å². The second kappa shape index (κ2) is 8.86. The molecular weight excluding hydrogens is 426 g/mol. The minimum absolute atomic E-state index is 0.00569. The Morgan fingerprint density at radius 3 is 2.68 bits per heavy atom. The maximum atomic E-state index is 12.6. The Kier molecular flexibility index (Phi) is 6.59. The molecule has 12 heteroatoms. The lowest BCUT2D eigenvalue weighted by molar-refractivity contribution is -0.0815. The number of carbonyl (C=O) groups is 2. The molecule has 31 heavy (non-hydrogen) atoms. The summed E-state index contributed by atoms with van der Waals surface area (Å²) in [5, 5.41) is 9.29. The van der Waals surface area contributed by atoms with Crippen LogP contribution in [0.3, 0.4) is 0 Å². The highest BCUT2D eigenvalue weighted by Crippen LogP contribution is 2.38. The number of nitrogens with zero attached hydrogens (tertiary/aromatic N) is 5. The van der Waals surface area contributed by atoms with Crippen molar-refractivity contribution in [2.75, 3.05) is 37.9 Å². The number of esters is 1. The molecule has 3 rings (SSSR count). The fourth-order valence-corrected chi connectivity index (χ4v) is 3.88. The van der Waals surface area contributed by atoms with Crippen LogP contribution in [0.2, 0.25) is 0 Å². The summed E-state index contributed by atoms with van der Waals surface area (Å²) in [5.74, 6) is -0.335. The van der Waals surface area contributed by atoms with Crippen molar-refractivity contribution in [1.29, 1.82) is 5.26 Å². The predicted molar refractivity (Wildman–Crippen MR) is 109 cm³/mol. The van der Waals surface area contributed by atoms with Gasteiger partial charge in [-0.15, -0.1) is 0 Å². The molecule has 2 aliphatic rings. The molecule has 0 radical (unpaired) electrons. The number of methoxy groups -OCH3 is 1. The van der Waals surface area contributed by atoms with Crippen LogP contribution in [-0.2, 0) is 25.4 Å². The molecule has 1 saturated heterocycles. The van der Waals surface area contributed by atoms with Gasteiger partial charge >= 0.3 is 17.2 Å². The smallest absolute Gasteiger partial charge is 0.410 e. The van der Waals surface area contributed by atoms with Crippen molar-refractivity contribution in [3.8, 4) is 6.07 Å². The number of carbonyl (C=O) groups excluding carboxylic acids is 2. The zero-order valence-corrected chi connectivity index (χ0v) is 18.9. The summed E-state index contributed by atoms with van der Waals surface area (Å²) in [6, 6.07) is 1.64. The molecule has 3 unspecified atom stereocenters. The van der Waals surface area contributed by atoms with Crippen molar-refractivity contribution < 1.29 is 28.4 Å². The second-order valence-corrected chi connectivity index (χ2v) is 9.43. The Balaban J connectivity index is 1.95. The Morgan fingerprint density at radius 1 is 1.39 bits per heavy atom. The molecule has 0 spiro atoms. The average molecular weight is 452 g/mol. The number of amides is 1. The molecule has 1 fully saturated rings. The Hall–Kier alpha value is -2.62. The van der Waals surface area contributed by atoms with Crippen molar-refractivity contribution >= 4 is 29.1 Å². The van der Waals surface area contributed by atoms with Gasteiger partial charge in [0.2, 0.25) is 6.29 Å². The molecular formula is C19H25N5O6S. The highest BCUT2D eigenvalue weighted by Gasteiger charge is 2.42. The lowest BCUT2D eigenvalue weighted by Gasteiger charge is -2.41. The van der Waals surface area contributed by atoms with Crippen LogP contribution in [0.5, 0.6) is 0 Å². The third-order valence-corrected chi connectivity index (χ3v) is 5.45. The Bertz CT molecular complexity index is 912. The molecule has 11 nitrogen and oxygen atoms in total.